The van der Waals surface area contributed by atoms with Gasteiger partial charge in [0.05, 0.1) is 35.2 Å². The largest absolute Gasteiger partial charge is 0.478 e. The second kappa shape index (κ2) is 7.34. The highest BCUT2D eigenvalue weighted by Crippen LogP contribution is 2.30. The highest BCUT2D eigenvalue weighted by Gasteiger charge is 2.37. The first kappa shape index (κ1) is 20.0. The Morgan fingerprint density at radius 1 is 1.29 bits per heavy atom. The molecule has 1 saturated heterocycles. The number of oxime groups is 1. The smallest absolute Gasteiger partial charge is 0.335 e. The molecule has 3 atom stereocenters. The normalized spacial score (nSPS) is 26.0. The minimum absolute atomic E-state index is 0.0435. The number of hydrogen-bond acceptors (Lipinski definition) is 5. The van der Waals surface area contributed by atoms with Gasteiger partial charge < -0.3 is 19.2 Å². The number of fused-ring (bicyclic) bond motifs is 1. The van der Waals surface area contributed by atoms with E-state index in [0.717, 1.165) is 47.3 Å². The number of carbonyl (C=O) groups is 1. The molecule has 3 aliphatic heterocycles. The molecule has 0 aliphatic carbocycles. The van der Waals surface area contributed by atoms with Gasteiger partial charge in [-0.1, -0.05) is 30.3 Å². The van der Waals surface area contributed by atoms with Crippen molar-refractivity contribution in [1.29, 1.82) is 0 Å². The Hall–Kier alpha value is -2.93. The Morgan fingerprint density at radius 3 is 2.61 bits per heavy atom. The molecule has 162 valence electrons. The van der Waals surface area contributed by atoms with E-state index in [1.165, 1.54) is 0 Å². The Morgan fingerprint density at radius 2 is 2.03 bits per heavy atom. The molecule has 1 N–H and O–H groups in total. The summed E-state index contributed by atoms with van der Waals surface area (Å²) in [4.78, 5) is 21.8. The van der Waals surface area contributed by atoms with Crippen LogP contribution in [0.15, 0.2) is 40.6 Å². The minimum Gasteiger partial charge on any atom is -0.478 e. The molecule has 1 aromatic carbocycles. The number of carboxylic acid groups (broad SMARTS) is 1. The van der Waals surface area contributed by atoms with Gasteiger partial charge in [0, 0.05) is 42.1 Å². The molecule has 31 heavy (non-hydrogen) atoms. The van der Waals surface area contributed by atoms with Gasteiger partial charge in [0.1, 0.15) is 6.10 Å². The molecule has 0 amide bonds. The van der Waals surface area contributed by atoms with E-state index < -0.39 is 5.97 Å². The van der Waals surface area contributed by atoms with E-state index in [1.807, 2.05) is 19.1 Å². The lowest BCUT2D eigenvalue weighted by atomic mass is 9.84. The van der Waals surface area contributed by atoms with Gasteiger partial charge in [-0.25, -0.2) is 4.79 Å². The lowest BCUT2D eigenvalue weighted by Crippen LogP contribution is -2.47. The van der Waals surface area contributed by atoms with Crippen LogP contribution in [0.3, 0.4) is 0 Å². The fourth-order valence-electron chi connectivity index (χ4n) is 4.95. The lowest BCUT2D eigenvalue weighted by Gasteiger charge is -2.38. The molecule has 1 aromatic heterocycles. The van der Waals surface area contributed by atoms with Gasteiger partial charge in [0.2, 0.25) is 0 Å². The third kappa shape index (κ3) is 3.47. The fourth-order valence-corrected chi connectivity index (χ4v) is 4.95. The summed E-state index contributed by atoms with van der Waals surface area (Å²) in [6.07, 6.45) is 4.53. The lowest BCUT2D eigenvalue weighted by molar-refractivity contribution is -0.110. The van der Waals surface area contributed by atoms with Crippen molar-refractivity contribution >= 4 is 17.8 Å². The number of rotatable bonds is 5. The van der Waals surface area contributed by atoms with E-state index >= 15 is 0 Å². The Balaban J connectivity index is 1.60. The second-order valence-electron chi connectivity index (χ2n) is 9.33. The Bertz CT molecular complexity index is 1170. The summed E-state index contributed by atoms with van der Waals surface area (Å²) in [5.74, 6) is -0.467. The Labute approximate surface area is 180 Å². The Kier molecular flexibility index (Phi) is 4.73. The summed E-state index contributed by atoms with van der Waals surface area (Å²) < 4.78 is 7.77. The maximum absolute atomic E-state index is 11.2. The molecule has 0 spiro atoms. The molecule has 4 heterocycles. The zero-order valence-electron chi connectivity index (χ0n) is 18.0. The number of hydrogen-bond donors (Lipinski definition) is 1. The number of nitrogens with zero attached hydrogens (tertiary/aromatic N) is 3. The highest BCUT2D eigenvalue weighted by molar-refractivity contribution is 5.88. The van der Waals surface area contributed by atoms with Gasteiger partial charge in [0.15, 0.2) is 0 Å². The maximum atomic E-state index is 11.2. The zero-order chi connectivity index (χ0) is 21.8. The van der Waals surface area contributed by atoms with Gasteiger partial charge in [0.25, 0.3) is 0 Å². The number of aromatic nitrogens is 1. The maximum Gasteiger partial charge on any atom is 0.335 e. The molecular formula is C24H27N3O4. The first-order chi connectivity index (χ1) is 14.8. The predicted molar refractivity (Wildman–Crippen MR) is 117 cm³/mol. The van der Waals surface area contributed by atoms with Crippen LogP contribution in [-0.2, 0) is 16.1 Å². The second-order valence-corrected chi connectivity index (χ2v) is 9.33. The molecule has 1 fully saturated rings. The molecular weight excluding hydrogens is 394 g/mol. The van der Waals surface area contributed by atoms with Crippen LogP contribution in [0.1, 0.15) is 31.1 Å². The zero-order valence-corrected chi connectivity index (χ0v) is 18.0. The minimum atomic E-state index is -0.921. The summed E-state index contributed by atoms with van der Waals surface area (Å²) in [5.41, 5.74) is 3.42. The average Bonchev–Trinajstić information content (AvgIpc) is 3.26. The van der Waals surface area contributed by atoms with E-state index in [0.29, 0.717) is 6.54 Å². The van der Waals surface area contributed by atoms with Crippen molar-refractivity contribution in [3.8, 4) is 11.1 Å². The molecule has 3 aliphatic rings. The van der Waals surface area contributed by atoms with Gasteiger partial charge in [-0.05, 0) is 31.5 Å². The fraction of sp³-hybridized carbons (Fsp3) is 0.458. The van der Waals surface area contributed by atoms with Crippen LogP contribution in [0.5, 0.6) is 0 Å². The van der Waals surface area contributed by atoms with Crippen LogP contribution < -0.4 is 10.7 Å². The molecule has 0 radical (unpaired) electrons. The van der Waals surface area contributed by atoms with Crippen LogP contribution in [0.25, 0.3) is 17.2 Å². The highest BCUT2D eigenvalue weighted by atomic mass is 16.6. The van der Waals surface area contributed by atoms with E-state index in [9.17, 15) is 9.90 Å². The molecule has 3 unspecified atom stereocenters. The van der Waals surface area contributed by atoms with Gasteiger partial charge >= 0.3 is 5.97 Å². The molecule has 0 bridgehead atoms. The molecule has 2 aromatic rings. The van der Waals surface area contributed by atoms with Crippen LogP contribution in [0.4, 0.5) is 0 Å². The van der Waals surface area contributed by atoms with Crippen molar-refractivity contribution in [2.75, 3.05) is 19.8 Å². The van der Waals surface area contributed by atoms with E-state index in [-0.39, 0.29) is 28.9 Å². The molecule has 7 nitrogen and oxygen atoms in total. The number of carboxylic acids is 1. The summed E-state index contributed by atoms with van der Waals surface area (Å²) in [5, 5.41) is 15.5. The van der Waals surface area contributed by atoms with Crippen molar-refractivity contribution in [2.45, 2.75) is 33.4 Å². The van der Waals surface area contributed by atoms with Crippen molar-refractivity contribution in [2.24, 2.45) is 27.4 Å². The SMILES string of the molecule is CC1=NOC(C)C1C1C=c2c(c(-c3ccc(C(=O)O)cc3)cn2CC2(C)COC2)=NC1. The monoisotopic (exact) mass is 421 g/mol. The van der Waals surface area contributed by atoms with Crippen molar-refractivity contribution in [3.63, 3.8) is 0 Å². The van der Waals surface area contributed by atoms with Crippen molar-refractivity contribution in [1.82, 2.24) is 4.57 Å². The number of benzene rings is 1. The van der Waals surface area contributed by atoms with Crippen LogP contribution in [-0.4, -0.2) is 47.2 Å². The summed E-state index contributed by atoms with van der Waals surface area (Å²) in [7, 11) is 0. The molecule has 7 heteroatoms. The average molecular weight is 421 g/mol. The van der Waals surface area contributed by atoms with Crippen LogP contribution in [0, 0.1) is 17.3 Å². The summed E-state index contributed by atoms with van der Waals surface area (Å²) in [6.45, 7) is 9.37. The summed E-state index contributed by atoms with van der Waals surface area (Å²) in [6, 6.07) is 7.02. The third-order valence-electron chi connectivity index (χ3n) is 6.63. The first-order valence-corrected chi connectivity index (χ1v) is 10.7. The number of aromatic carboxylic acids is 1. The van der Waals surface area contributed by atoms with Crippen molar-refractivity contribution in [3.05, 3.63) is 46.7 Å². The predicted octanol–water partition coefficient (Wildman–Crippen LogP) is 2.33. The van der Waals surface area contributed by atoms with Crippen LogP contribution in [0.2, 0.25) is 0 Å². The quantitative estimate of drug-likeness (QED) is 0.803. The molecule has 0 saturated carbocycles. The number of ether oxygens (including phenoxy) is 1. The third-order valence-corrected chi connectivity index (χ3v) is 6.63. The standard InChI is InChI=1S/C24H27N3O4/c1-14-21(15(2)31-26-14)18-8-20-22(25-9-18)19(10-27(20)11-24(3)12-30-13-24)16-4-6-17(7-5-16)23(28)29/h4-8,10,15,18,21H,9,11-13H2,1-3H3,(H,28,29). The van der Waals surface area contributed by atoms with Gasteiger partial charge in [-0.2, -0.15) is 0 Å². The van der Waals surface area contributed by atoms with Gasteiger partial charge in [-0.15, -0.1) is 0 Å². The van der Waals surface area contributed by atoms with Gasteiger partial charge in [-0.3, -0.25) is 4.99 Å². The van der Waals surface area contributed by atoms with Crippen LogP contribution >= 0.6 is 0 Å². The molecule has 5 rings (SSSR count). The van der Waals surface area contributed by atoms with Crippen molar-refractivity contribution < 1.29 is 19.5 Å². The first-order valence-electron chi connectivity index (χ1n) is 10.7. The van der Waals surface area contributed by atoms with E-state index in [4.69, 9.17) is 14.6 Å². The van der Waals surface area contributed by atoms with E-state index in [1.54, 1.807) is 12.1 Å². The van der Waals surface area contributed by atoms with E-state index in [2.05, 4.69) is 35.8 Å². The topological polar surface area (TPSA) is 85.4 Å². The summed E-state index contributed by atoms with van der Waals surface area (Å²) >= 11 is 0.